The van der Waals surface area contributed by atoms with E-state index in [1.54, 1.807) is 0 Å². The molecule has 0 atom stereocenters. The van der Waals surface area contributed by atoms with E-state index in [9.17, 15) is 0 Å². The van der Waals surface area contributed by atoms with E-state index < -0.39 is 0 Å². The van der Waals surface area contributed by atoms with Gasteiger partial charge in [0.25, 0.3) is 0 Å². The predicted octanol–water partition coefficient (Wildman–Crippen LogP) is 29.3. The van der Waals surface area contributed by atoms with Gasteiger partial charge in [0.2, 0.25) is 0 Å². The molecule has 0 saturated heterocycles. The summed E-state index contributed by atoms with van der Waals surface area (Å²) in [6, 6.07) is 151. The lowest BCUT2D eigenvalue weighted by Gasteiger charge is -2.17. The molecule has 0 saturated carbocycles. The minimum absolute atomic E-state index is 1.23. The lowest BCUT2D eigenvalue weighted by atomic mass is 9.86. The van der Waals surface area contributed by atoms with E-state index in [0.29, 0.717) is 0 Å². The Kier molecular flexibility index (Phi) is 15.7. The van der Waals surface area contributed by atoms with Gasteiger partial charge in [0.1, 0.15) is 0 Å². The summed E-state index contributed by atoms with van der Waals surface area (Å²) in [5, 5.41) is 20.1. The number of hydrogen-bond acceptors (Lipinski definition) is 0. The molecule has 484 valence electrons. The Balaban J connectivity index is 0.000000143. The molecule has 0 aliphatic rings. The predicted molar refractivity (Wildman–Crippen MR) is 447 cm³/mol. The summed E-state index contributed by atoms with van der Waals surface area (Å²) in [6.45, 7) is 0. The molecule has 0 amide bonds. The molecule has 20 aromatic rings. The standard InChI is InChI=1S/2C52H34/c1-3-13-35(14-4-1)37-23-24-39-34-40(26-25-38(39)33-37)42-28-30-50(46-20-10-8-18-44(42)46)52-32-31-51(47-21-11-12-22-48(47)52)49-29-27-41(36-15-5-2-6-16-36)43-17-7-9-19-45(43)49;1-3-11-35(12-4-1)37-19-21-41-33-43(25-23-39(41)31-37)45-27-29-51(49-17-9-7-15-47(45)49)52-30-28-46(48-16-8-10-18-50(48)52)44-26-24-40-32-38(20-22-42(40)34-44)36-13-5-2-6-14-36/h2*1-34H. The molecule has 20 rings (SSSR count). The Labute approximate surface area is 606 Å². The fourth-order valence-electron chi connectivity index (χ4n) is 16.2. The quantitative estimate of drug-likeness (QED) is 0.128. The van der Waals surface area contributed by atoms with Crippen molar-refractivity contribution >= 4 is 86.2 Å². The lowest BCUT2D eigenvalue weighted by Crippen LogP contribution is -1.91. The number of rotatable bonds is 10. The van der Waals surface area contributed by atoms with Crippen LogP contribution in [0.3, 0.4) is 0 Å². The second-order valence-electron chi connectivity index (χ2n) is 27.3. The van der Waals surface area contributed by atoms with Crippen molar-refractivity contribution in [2.45, 2.75) is 0 Å². The zero-order chi connectivity index (χ0) is 68.9. The topological polar surface area (TPSA) is 0 Å². The minimum Gasteiger partial charge on any atom is -0.0622 e. The first-order valence-corrected chi connectivity index (χ1v) is 36.0. The van der Waals surface area contributed by atoms with Crippen LogP contribution in [-0.2, 0) is 0 Å². The van der Waals surface area contributed by atoms with Gasteiger partial charge in [-0.1, -0.05) is 376 Å². The Morgan fingerprint density at radius 3 is 0.462 bits per heavy atom. The van der Waals surface area contributed by atoms with Crippen molar-refractivity contribution in [2.24, 2.45) is 0 Å². The van der Waals surface area contributed by atoms with Crippen LogP contribution in [0.4, 0.5) is 0 Å². The van der Waals surface area contributed by atoms with Crippen molar-refractivity contribution in [2.75, 3.05) is 0 Å². The van der Waals surface area contributed by atoms with Crippen LogP contribution in [0.25, 0.3) is 197 Å². The third-order valence-corrected chi connectivity index (χ3v) is 21.4. The van der Waals surface area contributed by atoms with Gasteiger partial charge in [0, 0.05) is 0 Å². The second kappa shape index (κ2) is 26.5. The average Bonchev–Trinajstić information content (AvgIpc) is 0.748. The molecular formula is C104H68. The molecule has 104 heavy (non-hydrogen) atoms. The highest BCUT2D eigenvalue weighted by Gasteiger charge is 2.19. The molecule has 0 aliphatic heterocycles. The Bertz CT molecular complexity index is 6480. The molecule has 0 heteroatoms. The molecule has 20 aromatic carbocycles. The zero-order valence-electron chi connectivity index (χ0n) is 57.3. The maximum Gasteiger partial charge on any atom is -0.00987 e. The van der Waals surface area contributed by atoms with Crippen LogP contribution in [0.1, 0.15) is 0 Å². The normalized spacial score (nSPS) is 11.5. The molecular weight excluding hydrogens is 1250 g/mol. The fourth-order valence-corrected chi connectivity index (χ4v) is 16.2. The average molecular weight is 1320 g/mol. The van der Waals surface area contributed by atoms with Gasteiger partial charge in [-0.05, 0) is 234 Å². The Morgan fingerprint density at radius 2 is 0.240 bits per heavy atom. The van der Waals surface area contributed by atoms with E-state index in [-0.39, 0.29) is 0 Å². The summed E-state index contributed by atoms with van der Waals surface area (Å²) in [7, 11) is 0. The van der Waals surface area contributed by atoms with E-state index in [0.717, 1.165) is 0 Å². The molecule has 0 unspecified atom stereocenters. The highest BCUT2D eigenvalue weighted by Crippen LogP contribution is 2.46. The first-order valence-electron chi connectivity index (χ1n) is 36.0. The maximum atomic E-state index is 2.34. The number of benzene rings is 20. The maximum absolute atomic E-state index is 2.34. The van der Waals surface area contributed by atoms with Crippen LogP contribution in [0.2, 0.25) is 0 Å². The van der Waals surface area contributed by atoms with Crippen molar-refractivity contribution in [3.05, 3.63) is 413 Å². The number of hydrogen-bond donors (Lipinski definition) is 0. The van der Waals surface area contributed by atoms with Crippen LogP contribution < -0.4 is 0 Å². The summed E-state index contributed by atoms with van der Waals surface area (Å²) in [5.74, 6) is 0. The van der Waals surface area contributed by atoms with Crippen LogP contribution in [-0.4, -0.2) is 0 Å². The molecule has 0 radical (unpaired) electrons. The van der Waals surface area contributed by atoms with Gasteiger partial charge in [-0.3, -0.25) is 0 Å². The van der Waals surface area contributed by atoms with Gasteiger partial charge in [-0.15, -0.1) is 0 Å². The highest BCUT2D eigenvalue weighted by molar-refractivity contribution is 6.17. The van der Waals surface area contributed by atoms with Gasteiger partial charge in [0.15, 0.2) is 0 Å². The molecule has 0 aromatic heterocycles. The third-order valence-electron chi connectivity index (χ3n) is 21.4. The van der Waals surface area contributed by atoms with E-state index in [4.69, 9.17) is 0 Å². The lowest BCUT2D eigenvalue weighted by molar-refractivity contribution is 1.63. The minimum atomic E-state index is 1.23. The van der Waals surface area contributed by atoms with Crippen LogP contribution >= 0.6 is 0 Å². The Hall–Kier alpha value is -13.5. The summed E-state index contributed by atoms with van der Waals surface area (Å²) in [5.41, 5.74) is 24.9. The highest BCUT2D eigenvalue weighted by atomic mass is 14.2. The molecule has 0 spiro atoms. The summed E-state index contributed by atoms with van der Waals surface area (Å²) >= 11 is 0. The largest absolute Gasteiger partial charge is 0.0622 e. The van der Waals surface area contributed by atoms with Gasteiger partial charge in [-0.25, -0.2) is 0 Å². The SMILES string of the molecule is c1ccc(-c2ccc3cc(-c4ccc(-c5ccc(-c6ccc(-c7ccccc7)c7ccccc67)c6ccccc56)c5ccccc45)ccc3c2)cc1.c1ccc(-c2ccc3cc(-c4ccc(-c5ccc(-c6ccc7cc(-c8ccccc8)ccc7c6)c6ccccc56)c5ccccc45)ccc3c2)cc1. The molecule has 0 bridgehead atoms. The molecule has 0 aliphatic carbocycles. The smallest absolute Gasteiger partial charge is 0.00987 e. The first-order chi connectivity index (χ1) is 51.6. The van der Waals surface area contributed by atoms with Gasteiger partial charge >= 0.3 is 0 Å². The summed E-state index contributed by atoms with van der Waals surface area (Å²) < 4.78 is 0. The molecule has 0 N–H and O–H groups in total. The molecule has 0 nitrogen and oxygen atoms in total. The molecule has 0 fully saturated rings. The van der Waals surface area contributed by atoms with Crippen molar-refractivity contribution in [1.29, 1.82) is 0 Å². The van der Waals surface area contributed by atoms with Crippen LogP contribution in [0, 0.1) is 0 Å². The monoisotopic (exact) mass is 1320 g/mol. The van der Waals surface area contributed by atoms with Gasteiger partial charge in [0.05, 0.1) is 0 Å². The summed E-state index contributed by atoms with van der Waals surface area (Å²) in [4.78, 5) is 0. The second-order valence-corrected chi connectivity index (χ2v) is 27.3. The van der Waals surface area contributed by atoms with Crippen molar-refractivity contribution in [3.63, 3.8) is 0 Å². The van der Waals surface area contributed by atoms with E-state index >= 15 is 0 Å². The summed E-state index contributed by atoms with van der Waals surface area (Å²) in [6.07, 6.45) is 0. The van der Waals surface area contributed by atoms with E-state index in [1.807, 2.05) is 0 Å². The van der Waals surface area contributed by atoms with Crippen molar-refractivity contribution in [1.82, 2.24) is 0 Å². The zero-order valence-corrected chi connectivity index (χ0v) is 57.3. The first kappa shape index (κ1) is 61.6. The molecule has 0 heterocycles. The van der Waals surface area contributed by atoms with Gasteiger partial charge < -0.3 is 0 Å². The fraction of sp³-hybridized carbons (Fsp3) is 0. The van der Waals surface area contributed by atoms with Crippen LogP contribution in [0.15, 0.2) is 413 Å². The number of fused-ring (bicyclic) bond motifs is 8. The van der Waals surface area contributed by atoms with E-state index in [2.05, 4.69) is 413 Å². The van der Waals surface area contributed by atoms with Gasteiger partial charge in [-0.2, -0.15) is 0 Å². The van der Waals surface area contributed by atoms with Crippen LogP contribution in [0.5, 0.6) is 0 Å². The van der Waals surface area contributed by atoms with Crippen molar-refractivity contribution < 1.29 is 0 Å². The van der Waals surface area contributed by atoms with Crippen molar-refractivity contribution in [3.8, 4) is 111 Å². The Morgan fingerprint density at radius 1 is 0.0865 bits per heavy atom. The van der Waals surface area contributed by atoms with E-state index in [1.165, 1.54) is 197 Å². The third kappa shape index (κ3) is 11.3.